The second kappa shape index (κ2) is 12.3. The Morgan fingerprint density at radius 2 is 1.76 bits per heavy atom. The molecule has 0 aromatic heterocycles. The summed E-state index contributed by atoms with van der Waals surface area (Å²) in [5, 5.41) is 6.77. The van der Waals surface area contributed by atoms with Gasteiger partial charge in [-0.25, -0.2) is 0 Å². The van der Waals surface area contributed by atoms with E-state index in [1.807, 2.05) is 0 Å². The molecule has 0 aromatic rings. The molecule has 1 fully saturated rings. The van der Waals surface area contributed by atoms with E-state index in [0.717, 1.165) is 51.8 Å². The first-order chi connectivity index (χ1) is 11.3. The molecule has 6 nitrogen and oxygen atoms in total. The predicted molar refractivity (Wildman–Crippen MR) is 118 cm³/mol. The zero-order valence-corrected chi connectivity index (χ0v) is 19.6. The number of guanidine groups is 1. The molecule has 150 valence electrons. The summed E-state index contributed by atoms with van der Waals surface area (Å²) >= 11 is 0. The highest BCUT2D eigenvalue weighted by Gasteiger charge is 2.24. The zero-order valence-electron chi connectivity index (χ0n) is 17.3. The number of hydrogen-bond donors (Lipinski definition) is 2. The summed E-state index contributed by atoms with van der Waals surface area (Å²) in [6.07, 6.45) is 0.149. The van der Waals surface area contributed by atoms with E-state index in [0.29, 0.717) is 6.04 Å². The summed E-state index contributed by atoms with van der Waals surface area (Å²) in [4.78, 5) is 9.69. The summed E-state index contributed by atoms with van der Waals surface area (Å²) in [7, 11) is 3.96. The molecule has 2 atom stereocenters. The van der Waals surface area contributed by atoms with Crippen molar-refractivity contribution in [1.29, 1.82) is 0 Å². The second-order valence-electron chi connectivity index (χ2n) is 7.88. The molecule has 0 saturated carbocycles. The number of hydrogen-bond acceptors (Lipinski definition) is 4. The Bertz CT molecular complexity index is 378. The Kier molecular flexibility index (Phi) is 12.2. The number of methoxy groups -OCH3 is 1. The quantitative estimate of drug-likeness (QED) is 0.339. The third-order valence-corrected chi connectivity index (χ3v) is 4.72. The fourth-order valence-corrected chi connectivity index (χ4v) is 2.88. The van der Waals surface area contributed by atoms with Crippen LogP contribution in [0.2, 0.25) is 0 Å². The Balaban J connectivity index is 0.00000576. The van der Waals surface area contributed by atoms with Crippen molar-refractivity contribution in [3.8, 4) is 0 Å². The molecule has 1 aliphatic heterocycles. The van der Waals surface area contributed by atoms with Gasteiger partial charge in [0, 0.05) is 52.4 Å². The van der Waals surface area contributed by atoms with Crippen molar-refractivity contribution in [2.75, 3.05) is 60.0 Å². The number of aliphatic imine (C=N–C) groups is 1. The minimum absolute atomic E-state index is 0. The van der Waals surface area contributed by atoms with Crippen LogP contribution in [0.25, 0.3) is 0 Å². The third-order valence-electron chi connectivity index (χ3n) is 4.72. The predicted octanol–water partition coefficient (Wildman–Crippen LogP) is 1.86. The van der Waals surface area contributed by atoms with Crippen LogP contribution in [-0.4, -0.2) is 87.9 Å². The lowest BCUT2D eigenvalue weighted by molar-refractivity contribution is 0.0205. The molecule has 25 heavy (non-hydrogen) atoms. The maximum Gasteiger partial charge on any atom is 0.191 e. The summed E-state index contributed by atoms with van der Waals surface area (Å²) in [5.74, 6) is 0.879. The van der Waals surface area contributed by atoms with E-state index in [-0.39, 0.29) is 35.5 Å². The second-order valence-corrected chi connectivity index (χ2v) is 7.88. The zero-order chi connectivity index (χ0) is 18.2. The molecular formula is C18H40IN5O. The van der Waals surface area contributed by atoms with Crippen LogP contribution in [0.4, 0.5) is 0 Å². The number of nitrogens with zero attached hydrogens (tertiary/aromatic N) is 3. The van der Waals surface area contributed by atoms with Crippen LogP contribution >= 0.6 is 24.0 Å². The van der Waals surface area contributed by atoms with Gasteiger partial charge in [0.25, 0.3) is 0 Å². The van der Waals surface area contributed by atoms with Gasteiger partial charge in [-0.3, -0.25) is 9.89 Å². The molecule has 1 aliphatic rings. The van der Waals surface area contributed by atoms with E-state index < -0.39 is 0 Å². The van der Waals surface area contributed by atoms with E-state index in [2.05, 4.69) is 62.1 Å². The number of nitrogens with one attached hydrogen (secondary N) is 2. The largest absolute Gasteiger partial charge is 0.379 e. The van der Waals surface area contributed by atoms with Crippen molar-refractivity contribution in [2.45, 2.75) is 46.8 Å². The van der Waals surface area contributed by atoms with Crippen molar-refractivity contribution in [2.24, 2.45) is 10.4 Å². The minimum Gasteiger partial charge on any atom is -0.379 e. The first-order valence-electron chi connectivity index (χ1n) is 9.25. The summed E-state index contributed by atoms with van der Waals surface area (Å²) in [6, 6.07) is 0.468. The third kappa shape index (κ3) is 9.40. The average molecular weight is 469 g/mol. The molecule has 1 rings (SSSR count). The van der Waals surface area contributed by atoms with E-state index in [4.69, 9.17) is 9.73 Å². The fourth-order valence-electron chi connectivity index (χ4n) is 2.88. The van der Waals surface area contributed by atoms with Crippen molar-refractivity contribution in [1.82, 2.24) is 20.4 Å². The summed E-state index contributed by atoms with van der Waals surface area (Å²) in [6.45, 7) is 17.9. The fraction of sp³-hybridized carbons (Fsp3) is 0.944. The van der Waals surface area contributed by atoms with Crippen LogP contribution < -0.4 is 10.6 Å². The molecular weight excluding hydrogens is 429 g/mol. The van der Waals surface area contributed by atoms with Crippen LogP contribution in [0.15, 0.2) is 4.99 Å². The van der Waals surface area contributed by atoms with Gasteiger partial charge in [0.05, 0.1) is 12.6 Å². The summed E-state index contributed by atoms with van der Waals surface area (Å²) in [5.41, 5.74) is 0.103. The first-order valence-corrected chi connectivity index (χ1v) is 9.25. The monoisotopic (exact) mass is 469 g/mol. The topological polar surface area (TPSA) is 52.1 Å². The summed E-state index contributed by atoms with van der Waals surface area (Å²) < 4.78 is 5.62. The highest BCUT2D eigenvalue weighted by Crippen LogP contribution is 2.20. The standard InChI is InChI=1S/C18H39N5O.HI/c1-8-19-17(21-14-16(24-7)18(3,4)5)20-13-15(2)23-11-9-22(6)10-12-23;/h15-16H,8-14H2,1-7H3,(H2,19,20,21);1H. The van der Waals surface area contributed by atoms with Gasteiger partial charge in [-0.1, -0.05) is 20.8 Å². The van der Waals surface area contributed by atoms with Crippen molar-refractivity contribution < 1.29 is 4.74 Å². The van der Waals surface area contributed by atoms with E-state index in [9.17, 15) is 0 Å². The Morgan fingerprint density at radius 3 is 2.24 bits per heavy atom. The molecule has 2 unspecified atom stereocenters. The lowest BCUT2D eigenvalue weighted by Crippen LogP contribution is -2.49. The van der Waals surface area contributed by atoms with Crippen molar-refractivity contribution in [3.63, 3.8) is 0 Å². The number of ether oxygens (including phenoxy) is 1. The normalized spacial score (nSPS) is 19.9. The Hall–Kier alpha value is -0.120. The van der Waals surface area contributed by atoms with Gasteiger partial charge in [0.2, 0.25) is 0 Å². The average Bonchev–Trinajstić information content (AvgIpc) is 2.52. The van der Waals surface area contributed by atoms with Gasteiger partial charge in [0.15, 0.2) is 5.96 Å². The van der Waals surface area contributed by atoms with E-state index >= 15 is 0 Å². The molecule has 0 spiro atoms. The smallest absolute Gasteiger partial charge is 0.191 e. The lowest BCUT2D eigenvalue weighted by Gasteiger charge is -2.36. The number of rotatable bonds is 7. The van der Waals surface area contributed by atoms with Gasteiger partial charge < -0.3 is 20.3 Å². The number of halogens is 1. The van der Waals surface area contributed by atoms with E-state index in [1.54, 1.807) is 7.11 Å². The Morgan fingerprint density at radius 1 is 1.16 bits per heavy atom. The van der Waals surface area contributed by atoms with Crippen molar-refractivity contribution >= 4 is 29.9 Å². The van der Waals surface area contributed by atoms with Gasteiger partial charge >= 0.3 is 0 Å². The SMILES string of the molecule is CCNC(=NCC(C)N1CCN(C)CC1)NCC(OC)C(C)(C)C.I. The molecule has 0 bridgehead atoms. The van der Waals surface area contributed by atoms with Crippen LogP contribution in [0.5, 0.6) is 0 Å². The molecule has 1 heterocycles. The van der Waals surface area contributed by atoms with Crippen LogP contribution in [0, 0.1) is 5.41 Å². The molecule has 7 heteroatoms. The molecule has 2 N–H and O–H groups in total. The molecule has 0 radical (unpaired) electrons. The molecule has 0 aromatic carbocycles. The van der Waals surface area contributed by atoms with Gasteiger partial charge in [-0.2, -0.15) is 0 Å². The Labute approximate surface area is 172 Å². The van der Waals surface area contributed by atoms with Gasteiger partial charge in [-0.15, -0.1) is 24.0 Å². The maximum atomic E-state index is 5.62. The van der Waals surface area contributed by atoms with Gasteiger partial charge in [-0.05, 0) is 26.3 Å². The highest BCUT2D eigenvalue weighted by atomic mass is 127. The van der Waals surface area contributed by atoms with Crippen molar-refractivity contribution in [3.05, 3.63) is 0 Å². The van der Waals surface area contributed by atoms with Gasteiger partial charge in [0.1, 0.15) is 0 Å². The first kappa shape index (κ1) is 24.9. The molecule has 0 aliphatic carbocycles. The molecule has 1 saturated heterocycles. The van der Waals surface area contributed by atoms with Crippen LogP contribution in [-0.2, 0) is 4.74 Å². The highest BCUT2D eigenvalue weighted by molar-refractivity contribution is 14.0. The van der Waals surface area contributed by atoms with Crippen LogP contribution in [0.3, 0.4) is 0 Å². The minimum atomic E-state index is 0. The van der Waals surface area contributed by atoms with Crippen LogP contribution in [0.1, 0.15) is 34.6 Å². The molecule has 0 amide bonds. The maximum absolute atomic E-state index is 5.62. The lowest BCUT2D eigenvalue weighted by atomic mass is 9.89. The number of piperazine rings is 1. The van der Waals surface area contributed by atoms with E-state index in [1.165, 1.54) is 0 Å². The number of likely N-dealkylation sites (N-methyl/N-ethyl adjacent to an activating group) is 1.